The van der Waals surface area contributed by atoms with Gasteiger partial charge in [0.2, 0.25) is 0 Å². The van der Waals surface area contributed by atoms with Crippen LogP contribution in [0.2, 0.25) is 0 Å². The summed E-state index contributed by atoms with van der Waals surface area (Å²) in [6.45, 7) is 12.0. The van der Waals surface area contributed by atoms with E-state index in [0.717, 1.165) is 13.1 Å². The number of carboxylic acids is 1. The third-order valence-corrected chi connectivity index (χ3v) is 3.76. The Morgan fingerprint density at radius 2 is 1.81 bits per heavy atom. The molecule has 1 N–H and O–H groups in total. The van der Waals surface area contributed by atoms with Crippen molar-refractivity contribution in [3.8, 4) is 0 Å². The first-order valence-corrected chi connectivity index (χ1v) is 7.62. The highest BCUT2D eigenvalue weighted by Crippen LogP contribution is 2.23. The van der Waals surface area contributed by atoms with Crippen LogP contribution in [0.25, 0.3) is 0 Å². The maximum atomic E-state index is 12.2. The van der Waals surface area contributed by atoms with Crippen molar-refractivity contribution in [1.29, 1.82) is 0 Å². The molecule has 1 heterocycles. The minimum atomic E-state index is -0.847. The smallest absolute Gasteiger partial charge is 0.410 e. The molecule has 0 aromatic carbocycles. The highest BCUT2D eigenvalue weighted by molar-refractivity contribution is 5.73. The second-order valence-corrected chi connectivity index (χ2v) is 6.53. The van der Waals surface area contributed by atoms with Gasteiger partial charge in [-0.15, -0.1) is 0 Å². The predicted molar refractivity (Wildman–Crippen MR) is 80.3 cm³/mol. The second-order valence-electron chi connectivity index (χ2n) is 6.53. The minimum absolute atomic E-state index is 0.0716. The average Bonchev–Trinajstić information content (AvgIpc) is 2.37. The maximum Gasteiger partial charge on any atom is 0.410 e. The van der Waals surface area contributed by atoms with Crippen molar-refractivity contribution in [2.75, 3.05) is 26.2 Å². The quantitative estimate of drug-likeness (QED) is 0.860. The van der Waals surface area contributed by atoms with E-state index in [1.54, 1.807) is 0 Å². The number of likely N-dealkylation sites (N-methyl/N-ethyl adjacent to an activating group) is 1. The normalized spacial score (nSPS) is 23.2. The zero-order valence-corrected chi connectivity index (χ0v) is 13.8. The van der Waals surface area contributed by atoms with E-state index >= 15 is 0 Å². The Morgan fingerprint density at radius 1 is 1.24 bits per heavy atom. The second kappa shape index (κ2) is 7.11. The molecule has 1 aliphatic rings. The van der Waals surface area contributed by atoms with Crippen LogP contribution in [-0.4, -0.2) is 64.8 Å². The van der Waals surface area contributed by atoms with Crippen LogP contribution in [0.1, 0.15) is 41.0 Å². The van der Waals surface area contributed by atoms with E-state index < -0.39 is 23.6 Å². The molecule has 0 bridgehead atoms. The summed E-state index contributed by atoms with van der Waals surface area (Å²) in [4.78, 5) is 27.3. The van der Waals surface area contributed by atoms with Crippen LogP contribution < -0.4 is 0 Å². The Hall–Kier alpha value is -1.30. The predicted octanol–water partition coefficient (Wildman–Crippen LogP) is 2.04. The van der Waals surface area contributed by atoms with Gasteiger partial charge in [-0.1, -0.05) is 13.8 Å². The van der Waals surface area contributed by atoms with E-state index in [0.29, 0.717) is 13.0 Å². The Bertz CT molecular complexity index is 374. The van der Waals surface area contributed by atoms with E-state index in [9.17, 15) is 14.7 Å². The molecule has 0 spiro atoms. The van der Waals surface area contributed by atoms with E-state index in [1.165, 1.54) is 4.90 Å². The summed E-state index contributed by atoms with van der Waals surface area (Å²) in [5.41, 5.74) is -0.571. The van der Waals surface area contributed by atoms with Crippen LogP contribution in [0.5, 0.6) is 0 Å². The van der Waals surface area contributed by atoms with Crippen LogP contribution in [0.3, 0.4) is 0 Å². The van der Waals surface area contributed by atoms with E-state index in [-0.39, 0.29) is 12.6 Å². The third-order valence-electron chi connectivity index (χ3n) is 3.76. The van der Waals surface area contributed by atoms with Gasteiger partial charge in [-0.25, -0.2) is 4.79 Å². The monoisotopic (exact) mass is 300 g/mol. The topological polar surface area (TPSA) is 70.1 Å². The fourth-order valence-corrected chi connectivity index (χ4v) is 2.73. The van der Waals surface area contributed by atoms with Crippen LogP contribution >= 0.6 is 0 Å². The molecule has 1 fully saturated rings. The van der Waals surface area contributed by atoms with Crippen molar-refractivity contribution in [3.05, 3.63) is 0 Å². The molecular weight excluding hydrogens is 272 g/mol. The molecule has 0 aromatic heterocycles. The average molecular weight is 300 g/mol. The van der Waals surface area contributed by atoms with Gasteiger partial charge in [0.05, 0.1) is 5.92 Å². The lowest BCUT2D eigenvalue weighted by atomic mass is 9.93. The number of amides is 1. The molecule has 0 saturated carbocycles. The molecule has 122 valence electrons. The third kappa shape index (κ3) is 5.19. The summed E-state index contributed by atoms with van der Waals surface area (Å²) in [5, 5.41) is 9.32. The zero-order chi connectivity index (χ0) is 16.2. The molecule has 1 aliphatic heterocycles. The van der Waals surface area contributed by atoms with E-state index in [1.807, 2.05) is 34.6 Å². The van der Waals surface area contributed by atoms with E-state index in [2.05, 4.69) is 4.90 Å². The van der Waals surface area contributed by atoms with Crippen molar-refractivity contribution in [2.24, 2.45) is 5.92 Å². The lowest BCUT2D eigenvalue weighted by Gasteiger charge is -2.41. The van der Waals surface area contributed by atoms with Gasteiger partial charge in [0, 0.05) is 19.1 Å². The molecule has 6 heteroatoms. The van der Waals surface area contributed by atoms with Gasteiger partial charge in [-0.2, -0.15) is 0 Å². The van der Waals surface area contributed by atoms with Crippen molar-refractivity contribution in [2.45, 2.75) is 52.7 Å². The van der Waals surface area contributed by atoms with Gasteiger partial charge in [-0.05, 0) is 40.3 Å². The van der Waals surface area contributed by atoms with Gasteiger partial charge in [0.1, 0.15) is 5.60 Å². The summed E-state index contributed by atoms with van der Waals surface area (Å²) < 4.78 is 5.38. The molecular formula is C15H28N2O4. The van der Waals surface area contributed by atoms with Gasteiger partial charge < -0.3 is 14.7 Å². The van der Waals surface area contributed by atoms with Crippen LogP contribution in [0, 0.1) is 5.92 Å². The Morgan fingerprint density at radius 3 is 2.24 bits per heavy atom. The molecule has 1 rings (SSSR count). The molecule has 0 unspecified atom stereocenters. The van der Waals surface area contributed by atoms with Crippen molar-refractivity contribution in [3.63, 3.8) is 0 Å². The number of likely N-dealkylation sites (tertiary alicyclic amines) is 1. The molecule has 0 radical (unpaired) electrons. The maximum absolute atomic E-state index is 12.2. The van der Waals surface area contributed by atoms with Crippen molar-refractivity contribution in [1.82, 2.24) is 9.80 Å². The summed E-state index contributed by atoms with van der Waals surface area (Å²) in [7, 11) is 0. The molecule has 6 nitrogen and oxygen atoms in total. The van der Waals surface area contributed by atoms with E-state index in [4.69, 9.17) is 4.74 Å². The SMILES string of the molecule is CCN(CC)[C@H]1C[C@@H](C(=O)O)CN(C(=O)OC(C)(C)C)C1. The van der Waals surface area contributed by atoms with Crippen molar-refractivity contribution >= 4 is 12.1 Å². The number of carbonyl (C=O) groups is 2. The number of carbonyl (C=O) groups excluding carboxylic acids is 1. The van der Waals surface area contributed by atoms with Crippen molar-refractivity contribution < 1.29 is 19.4 Å². The largest absolute Gasteiger partial charge is 0.481 e. The lowest BCUT2D eigenvalue weighted by Crippen LogP contribution is -2.54. The first-order chi connectivity index (χ1) is 9.67. The van der Waals surface area contributed by atoms with Crippen LogP contribution in [0.4, 0.5) is 4.79 Å². The number of piperidine rings is 1. The zero-order valence-electron chi connectivity index (χ0n) is 13.8. The number of nitrogens with zero attached hydrogens (tertiary/aromatic N) is 2. The number of hydrogen-bond donors (Lipinski definition) is 1. The lowest BCUT2D eigenvalue weighted by molar-refractivity contribution is -0.144. The molecule has 21 heavy (non-hydrogen) atoms. The van der Waals surface area contributed by atoms with Gasteiger partial charge in [0.25, 0.3) is 0 Å². The minimum Gasteiger partial charge on any atom is -0.481 e. The highest BCUT2D eigenvalue weighted by atomic mass is 16.6. The number of aliphatic carboxylic acids is 1. The van der Waals surface area contributed by atoms with Gasteiger partial charge in [0.15, 0.2) is 0 Å². The van der Waals surface area contributed by atoms with Gasteiger partial charge >= 0.3 is 12.1 Å². The summed E-state index contributed by atoms with van der Waals surface area (Å²) in [5.74, 6) is -1.38. The fourth-order valence-electron chi connectivity index (χ4n) is 2.73. The molecule has 2 atom stereocenters. The molecule has 1 saturated heterocycles. The highest BCUT2D eigenvalue weighted by Gasteiger charge is 2.37. The summed E-state index contributed by atoms with van der Waals surface area (Å²) in [6, 6.07) is 0.0716. The molecule has 0 aliphatic carbocycles. The Balaban J connectivity index is 2.83. The fraction of sp³-hybridized carbons (Fsp3) is 0.867. The Labute approximate surface area is 127 Å². The number of rotatable bonds is 4. The number of ether oxygens (including phenoxy) is 1. The Kier molecular flexibility index (Phi) is 6.01. The first kappa shape index (κ1) is 17.8. The van der Waals surface area contributed by atoms with Crippen LogP contribution in [0.15, 0.2) is 0 Å². The first-order valence-electron chi connectivity index (χ1n) is 7.62. The summed E-state index contributed by atoms with van der Waals surface area (Å²) >= 11 is 0. The standard InChI is InChI=1S/C15H28N2O4/c1-6-16(7-2)12-8-11(13(18)19)9-17(10-12)14(20)21-15(3,4)5/h11-12H,6-10H2,1-5H3,(H,18,19)/t11-,12+/m1/s1. The molecule has 1 amide bonds. The summed E-state index contributed by atoms with van der Waals surface area (Å²) in [6.07, 6.45) is 0.154. The van der Waals surface area contributed by atoms with Crippen LogP contribution in [-0.2, 0) is 9.53 Å². The molecule has 0 aromatic rings. The van der Waals surface area contributed by atoms with Gasteiger partial charge in [-0.3, -0.25) is 9.69 Å². The number of carboxylic acid groups (broad SMARTS) is 1. The number of hydrogen-bond acceptors (Lipinski definition) is 4.